The molecule has 7 heteroatoms. The van der Waals surface area contributed by atoms with Gasteiger partial charge < -0.3 is 16.2 Å². The van der Waals surface area contributed by atoms with Crippen LogP contribution in [0.3, 0.4) is 0 Å². The second-order valence-corrected chi connectivity index (χ2v) is 6.10. The summed E-state index contributed by atoms with van der Waals surface area (Å²) in [5, 5.41) is 0.237. The molecular formula is C12H13F2N3OS. The zero-order chi connectivity index (χ0) is 13.7. The summed E-state index contributed by atoms with van der Waals surface area (Å²) in [6.07, 6.45) is 0. The van der Waals surface area contributed by atoms with Gasteiger partial charge >= 0.3 is 0 Å². The fourth-order valence-electron chi connectivity index (χ4n) is 2.54. The van der Waals surface area contributed by atoms with Gasteiger partial charge in [-0.15, -0.1) is 0 Å². The van der Waals surface area contributed by atoms with Crippen molar-refractivity contribution in [1.82, 2.24) is 0 Å². The van der Waals surface area contributed by atoms with Crippen molar-refractivity contribution < 1.29 is 13.5 Å². The standard InChI is InChI=1S/C12H13F2N3OS/c13-9-2-1-7(15)3-8(9)12-6-18-5-11(12,14)4-17-10(16)19-12/h1-3H,4-6,15H2,(H2,16,17)/t11-,12-/m1/s1. The Morgan fingerprint density at radius 3 is 2.89 bits per heavy atom. The number of anilines is 1. The number of hydrogen-bond donors (Lipinski definition) is 2. The summed E-state index contributed by atoms with van der Waals surface area (Å²) < 4.78 is 33.2. The Hall–Kier alpha value is -1.34. The minimum atomic E-state index is -1.77. The normalized spacial score (nSPS) is 33.9. The molecule has 0 spiro atoms. The number of thioether (sulfide) groups is 1. The molecule has 2 atom stereocenters. The third kappa shape index (κ3) is 1.72. The van der Waals surface area contributed by atoms with Gasteiger partial charge in [-0.1, -0.05) is 11.8 Å². The SMILES string of the molecule is NC1=NC[C@@]2(F)COC[C@]2(c2cc(N)ccc2F)S1. The van der Waals surface area contributed by atoms with E-state index >= 15 is 4.39 Å². The molecule has 4 N–H and O–H groups in total. The molecular weight excluding hydrogens is 272 g/mol. The molecule has 2 aliphatic heterocycles. The van der Waals surface area contributed by atoms with Crippen LogP contribution in [-0.2, 0) is 9.48 Å². The van der Waals surface area contributed by atoms with Crippen LogP contribution in [0.5, 0.6) is 0 Å². The molecule has 2 aliphatic rings. The monoisotopic (exact) mass is 285 g/mol. The third-order valence-corrected chi connectivity index (χ3v) is 4.94. The minimum Gasteiger partial charge on any atom is -0.399 e. The number of benzene rings is 1. The number of alkyl halides is 1. The number of nitrogen functional groups attached to an aromatic ring is 1. The van der Waals surface area contributed by atoms with Crippen LogP contribution >= 0.6 is 11.8 Å². The van der Waals surface area contributed by atoms with E-state index in [1.807, 2.05) is 0 Å². The summed E-state index contributed by atoms with van der Waals surface area (Å²) >= 11 is 1.01. The summed E-state index contributed by atoms with van der Waals surface area (Å²) in [6, 6.07) is 4.13. The molecule has 0 aromatic heterocycles. The van der Waals surface area contributed by atoms with Gasteiger partial charge in [0.2, 0.25) is 0 Å². The van der Waals surface area contributed by atoms with Crippen LogP contribution in [0, 0.1) is 5.82 Å². The molecule has 1 saturated heterocycles. The highest BCUT2D eigenvalue weighted by atomic mass is 32.2. The van der Waals surface area contributed by atoms with Crippen molar-refractivity contribution in [3.8, 4) is 0 Å². The Morgan fingerprint density at radius 2 is 2.11 bits per heavy atom. The van der Waals surface area contributed by atoms with Crippen molar-refractivity contribution in [3.05, 3.63) is 29.6 Å². The van der Waals surface area contributed by atoms with E-state index in [0.29, 0.717) is 5.69 Å². The van der Waals surface area contributed by atoms with Crippen LogP contribution in [0.4, 0.5) is 14.5 Å². The zero-order valence-electron chi connectivity index (χ0n) is 10.0. The maximum absolute atomic E-state index is 15.1. The lowest BCUT2D eigenvalue weighted by atomic mass is 9.84. The van der Waals surface area contributed by atoms with Gasteiger partial charge in [0.1, 0.15) is 10.6 Å². The molecule has 4 nitrogen and oxygen atoms in total. The number of nitrogens with zero attached hydrogens (tertiary/aromatic N) is 1. The van der Waals surface area contributed by atoms with Gasteiger partial charge in [-0.3, -0.25) is 4.99 Å². The molecule has 0 radical (unpaired) electrons. The van der Waals surface area contributed by atoms with E-state index in [9.17, 15) is 4.39 Å². The molecule has 0 saturated carbocycles. The third-order valence-electron chi connectivity index (χ3n) is 3.55. The topological polar surface area (TPSA) is 73.6 Å². The fourth-order valence-corrected chi connectivity index (χ4v) is 3.74. The number of nitrogens with two attached hydrogens (primary N) is 2. The van der Waals surface area contributed by atoms with Crippen LogP contribution in [0.1, 0.15) is 5.56 Å². The molecule has 102 valence electrons. The zero-order valence-corrected chi connectivity index (χ0v) is 10.8. The number of ether oxygens (including phenoxy) is 1. The van der Waals surface area contributed by atoms with Gasteiger partial charge in [0.05, 0.1) is 19.8 Å². The maximum atomic E-state index is 15.1. The van der Waals surface area contributed by atoms with Gasteiger partial charge in [0, 0.05) is 11.3 Å². The quantitative estimate of drug-likeness (QED) is 0.765. The predicted molar refractivity (Wildman–Crippen MR) is 71.2 cm³/mol. The first-order chi connectivity index (χ1) is 8.97. The van der Waals surface area contributed by atoms with Crippen LogP contribution < -0.4 is 11.5 Å². The summed E-state index contributed by atoms with van der Waals surface area (Å²) in [6.45, 7) is -0.199. The number of rotatable bonds is 1. The molecule has 1 aromatic carbocycles. The van der Waals surface area contributed by atoms with E-state index in [0.717, 1.165) is 11.8 Å². The first-order valence-electron chi connectivity index (χ1n) is 5.78. The van der Waals surface area contributed by atoms with E-state index in [2.05, 4.69) is 4.99 Å². The van der Waals surface area contributed by atoms with Crippen molar-refractivity contribution in [2.45, 2.75) is 10.4 Å². The molecule has 2 heterocycles. The fraction of sp³-hybridized carbons (Fsp3) is 0.417. The molecule has 0 bridgehead atoms. The number of halogens is 2. The van der Waals surface area contributed by atoms with Crippen LogP contribution in [0.2, 0.25) is 0 Å². The Balaban J connectivity index is 2.19. The van der Waals surface area contributed by atoms with Gasteiger partial charge in [0.15, 0.2) is 10.8 Å². The van der Waals surface area contributed by atoms with Gasteiger partial charge in [-0.05, 0) is 18.2 Å². The first-order valence-corrected chi connectivity index (χ1v) is 6.60. The van der Waals surface area contributed by atoms with E-state index < -0.39 is 16.2 Å². The lowest BCUT2D eigenvalue weighted by Crippen LogP contribution is -2.52. The molecule has 0 amide bonds. The van der Waals surface area contributed by atoms with Crippen molar-refractivity contribution >= 4 is 22.6 Å². The van der Waals surface area contributed by atoms with Crippen LogP contribution in [0.15, 0.2) is 23.2 Å². The lowest BCUT2D eigenvalue weighted by Gasteiger charge is -2.40. The Kier molecular flexibility index (Phi) is 2.72. The molecule has 1 fully saturated rings. The van der Waals surface area contributed by atoms with E-state index in [1.165, 1.54) is 18.2 Å². The van der Waals surface area contributed by atoms with Crippen molar-refractivity contribution in [2.24, 2.45) is 10.7 Å². The highest BCUT2D eigenvalue weighted by molar-refractivity contribution is 8.14. The molecule has 19 heavy (non-hydrogen) atoms. The molecule has 3 rings (SSSR count). The number of fused-ring (bicyclic) bond motifs is 1. The maximum Gasteiger partial charge on any atom is 0.174 e. The van der Waals surface area contributed by atoms with Gasteiger partial charge in [-0.2, -0.15) is 0 Å². The van der Waals surface area contributed by atoms with Crippen LogP contribution in [-0.4, -0.2) is 30.6 Å². The highest BCUT2D eigenvalue weighted by Gasteiger charge is 2.62. The van der Waals surface area contributed by atoms with Gasteiger partial charge in [-0.25, -0.2) is 8.78 Å². The summed E-state index contributed by atoms with van der Waals surface area (Å²) in [4.78, 5) is 3.92. The Labute approximate surface area is 113 Å². The van der Waals surface area contributed by atoms with Crippen molar-refractivity contribution in [3.63, 3.8) is 0 Å². The average Bonchev–Trinajstić information content (AvgIpc) is 2.70. The second kappa shape index (κ2) is 4.08. The summed E-state index contributed by atoms with van der Waals surface area (Å²) in [7, 11) is 0. The predicted octanol–water partition coefficient (Wildman–Crippen LogP) is 1.40. The minimum absolute atomic E-state index is 0.0464. The molecule has 0 aliphatic carbocycles. The largest absolute Gasteiger partial charge is 0.399 e. The number of amidine groups is 1. The second-order valence-electron chi connectivity index (χ2n) is 4.78. The van der Waals surface area contributed by atoms with Crippen molar-refractivity contribution in [1.29, 1.82) is 0 Å². The van der Waals surface area contributed by atoms with Gasteiger partial charge in [0.25, 0.3) is 0 Å². The lowest BCUT2D eigenvalue weighted by molar-refractivity contribution is 0.111. The highest BCUT2D eigenvalue weighted by Crippen LogP contribution is 2.54. The number of aliphatic imine (C=N–C) groups is 1. The van der Waals surface area contributed by atoms with Crippen LogP contribution in [0.25, 0.3) is 0 Å². The first kappa shape index (κ1) is 12.7. The van der Waals surface area contributed by atoms with E-state index in [4.69, 9.17) is 16.2 Å². The average molecular weight is 285 g/mol. The van der Waals surface area contributed by atoms with Crippen molar-refractivity contribution in [2.75, 3.05) is 25.5 Å². The van der Waals surface area contributed by atoms with E-state index in [1.54, 1.807) is 0 Å². The summed E-state index contributed by atoms with van der Waals surface area (Å²) in [5.41, 5.74) is 10.2. The number of hydrogen-bond acceptors (Lipinski definition) is 5. The van der Waals surface area contributed by atoms with E-state index in [-0.39, 0.29) is 30.5 Å². The Morgan fingerprint density at radius 1 is 1.32 bits per heavy atom. The molecule has 0 unspecified atom stereocenters. The molecule has 1 aromatic rings. The smallest absolute Gasteiger partial charge is 0.174 e. The Bertz CT molecular complexity index is 568. The summed E-state index contributed by atoms with van der Waals surface area (Å²) in [5.74, 6) is -0.510.